The van der Waals surface area contributed by atoms with Crippen molar-refractivity contribution in [3.8, 4) is 0 Å². The largest absolute Gasteiger partial charge is 0.335 e. The predicted molar refractivity (Wildman–Crippen MR) is 91.5 cm³/mol. The quantitative estimate of drug-likeness (QED) is 0.829. The fourth-order valence-corrected chi connectivity index (χ4v) is 4.91. The molecule has 1 aliphatic carbocycles. The van der Waals surface area contributed by atoms with Crippen molar-refractivity contribution in [3.63, 3.8) is 0 Å². The second-order valence-corrected chi connectivity index (χ2v) is 9.47. The van der Waals surface area contributed by atoms with Crippen LogP contribution in [-0.2, 0) is 29.5 Å². The number of sulfonamides is 1. The van der Waals surface area contributed by atoms with Crippen molar-refractivity contribution >= 4 is 10.0 Å². The molecule has 0 saturated heterocycles. The van der Waals surface area contributed by atoms with Gasteiger partial charge in [-0.1, -0.05) is 19.8 Å². The van der Waals surface area contributed by atoms with Crippen LogP contribution in [0.2, 0.25) is 0 Å². The molecule has 130 valence electrons. The van der Waals surface area contributed by atoms with Gasteiger partial charge in [-0.3, -0.25) is 0 Å². The minimum atomic E-state index is -3.20. The molecule has 1 fully saturated rings. The second kappa shape index (κ2) is 6.93. The first kappa shape index (κ1) is 17.0. The highest BCUT2D eigenvalue weighted by molar-refractivity contribution is 7.88. The van der Waals surface area contributed by atoms with Crippen molar-refractivity contribution < 1.29 is 8.42 Å². The van der Waals surface area contributed by atoms with E-state index in [1.165, 1.54) is 31.9 Å². The van der Waals surface area contributed by atoms with E-state index in [0.29, 0.717) is 19.0 Å². The normalized spacial score (nSPS) is 25.5. The van der Waals surface area contributed by atoms with Crippen LogP contribution in [0, 0.1) is 11.8 Å². The molecule has 2 atom stereocenters. The predicted octanol–water partition coefficient (Wildman–Crippen LogP) is 2.81. The van der Waals surface area contributed by atoms with E-state index in [4.69, 9.17) is 0 Å². The maximum absolute atomic E-state index is 12.2. The number of nitrogens with zero attached hydrogens (tertiary/aromatic N) is 3. The standard InChI is InChI=1S/C17H29N3O2S/c1-14-6-5-7-15(10-14)11-20(23(2,21)22)13-16-12-19-9-4-3-8-17(19)18-16/h12,14-15H,3-11,13H2,1-2H3/t14-,15-/m1/s1. The highest BCUT2D eigenvalue weighted by Crippen LogP contribution is 2.30. The van der Waals surface area contributed by atoms with Crippen LogP contribution in [0.15, 0.2) is 6.20 Å². The molecule has 23 heavy (non-hydrogen) atoms. The van der Waals surface area contributed by atoms with E-state index in [9.17, 15) is 8.42 Å². The van der Waals surface area contributed by atoms with Gasteiger partial charge in [-0.2, -0.15) is 4.31 Å². The van der Waals surface area contributed by atoms with Crippen LogP contribution in [-0.4, -0.2) is 35.1 Å². The zero-order valence-electron chi connectivity index (χ0n) is 14.4. The Bertz CT molecular complexity index is 615. The van der Waals surface area contributed by atoms with Gasteiger partial charge in [0.05, 0.1) is 18.5 Å². The average Bonchev–Trinajstić information content (AvgIpc) is 2.88. The Balaban J connectivity index is 1.70. The fraction of sp³-hybridized carbons (Fsp3) is 0.824. The van der Waals surface area contributed by atoms with Gasteiger partial charge >= 0.3 is 0 Å². The molecule has 0 radical (unpaired) electrons. The summed E-state index contributed by atoms with van der Waals surface area (Å²) in [6, 6.07) is 0. The number of hydrogen-bond acceptors (Lipinski definition) is 3. The van der Waals surface area contributed by atoms with Crippen molar-refractivity contribution in [1.82, 2.24) is 13.9 Å². The molecule has 5 nitrogen and oxygen atoms in total. The molecule has 1 aliphatic heterocycles. The first-order valence-electron chi connectivity index (χ1n) is 8.92. The fourth-order valence-electron chi connectivity index (χ4n) is 4.06. The summed E-state index contributed by atoms with van der Waals surface area (Å²) in [6.45, 7) is 4.36. The van der Waals surface area contributed by atoms with Crippen LogP contribution < -0.4 is 0 Å². The van der Waals surface area contributed by atoms with Crippen molar-refractivity contribution in [3.05, 3.63) is 17.7 Å². The molecule has 0 amide bonds. The van der Waals surface area contributed by atoms with Crippen LogP contribution in [0.5, 0.6) is 0 Å². The summed E-state index contributed by atoms with van der Waals surface area (Å²) < 4.78 is 28.3. The lowest BCUT2D eigenvalue weighted by Crippen LogP contribution is -2.35. The van der Waals surface area contributed by atoms with Gasteiger partial charge in [0, 0.05) is 25.7 Å². The maximum atomic E-state index is 12.2. The lowest BCUT2D eigenvalue weighted by molar-refractivity contribution is 0.233. The van der Waals surface area contributed by atoms with Crippen molar-refractivity contribution in [2.24, 2.45) is 11.8 Å². The number of hydrogen-bond donors (Lipinski definition) is 0. The van der Waals surface area contributed by atoms with E-state index in [1.54, 1.807) is 4.31 Å². The van der Waals surface area contributed by atoms with Crippen LogP contribution in [0.1, 0.15) is 57.0 Å². The summed E-state index contributed by atoms with van der Waals surface area (Å²) in [5, 5.41) is 0. The summed E-state index contributed by atoms with van der Waals surface area (Å²) in [4.78, 5) is 4.67. The monoisotopic (exact) mass is 339 g/mol. The Hall–Kier alpha value is -0.880. The van der Waals surface area contributed by atoms with E-state index in [0.717, 1.165) is 43.2 Å². The Labute approximate surface area is 140 Å². The molecule has 1 aromatic heterocycles. The van der Waals surface area contributed by atoms with Gasteiger partial charge in [-0.25, -0.2) is 13.4 Å². The van der Waals surface area contributed by atoms with E-state index in [-0.39, 0.29) is 0 Å². The maximum Gasteiger partial charge on any atom is 0.211 e. The molecule has 0 spiro atoms. The first-order chi connectivity index (χ1) is 10.9. The Morgan fingerprint density at radius 3 is 2.83 bits per heavy atom. The minimum Gasteiger partial charge on any atom is -0.335 e. The molecule has 0 N–H and O–H groups in total. The number of fused-ring (bicyclic) bond motifs is 1. The smallest absolute Gasteiger partial charge is 0.211 e. The van der Waals surface area contributed by atoms with Gasteiger partial charge in [0.25, 0.3) is 0 Å². The summed E-state index contributed by atoms with van der Waals surface area (Å²) in [5.74, 6) is 2.33. The molecule has 6 heteroatoms. The third-order valence-electron chi connectivity index (χ3n) is 5.27. The van der Waals surface area contributed by atoms with E-state index in [2.05, 4.69) is 22.7 Å². The summed E-state index contributed by atoms with van der Waals surface area (Å²) in [5.41, 5.74) is 0.899. The molecule has 0 bridgehead atoms. The van der Waals surface area contributed by atoms with Gasteiger partial charge in [0.2, 0.25) is 10.0 Å². The molecule has 2 heterocycles. The molecule has 1 aromatic rings. The minimum absolute atomic E-state index is 0.420. The molecule has 0 unspecified atom stereocenters. The van der Waals surface area contributed by atoms with E-state index >= 15 is 0 Å². The number of aromatic nitrogens is 2. The SMILES string of the molecule is C[C@@H]1CCC[C@@H](CN(Cc2cn3c(n2)CCCC3)S(C)(=O)=O)C1. The van der Waals surface area contributed by atoms with E-state index < -0.39 is 10.0 Å². The van der Waals surface area contributed by atoms with Crippen LogP contribution in [0.4, 0.5) is 0 Å². The number of rotatable bonds is 5. The first-order valence-corrected chi connectivity index (χ1v) is 10.8. The summed E-state index contributed by atoms with van der Waals surface area (Å²) in [7, 11) is -3.20. The summed E-state index contributed by atoms with van der Waals surface area (Å²) >= 11 is 0. The number of imidazole rings is 1. The van der Waals surface area contributed by atoms with Crippen molar-refractivity contribution in [2.75, 3.05) is 12.8 Å². The highest BCUT2D eigenvalue weighted by Gasteiger charge is 2.26. The highest BCUT2D eigenvalue weighted by atomic mass is 32.2. The van der Waals surface area contributed by atoms with Crippen LogP contribution in [0.25, 0.3) is 0 Å². The summed E-state index contributed by atoms with van der Waals surface area (Å²) in [6.07, 6.45) is 11.6. The van der Waals surface area contributed by atoms with Crippen molar-refractivity contribution in [2.45, 2.75) is 65.0 Å². The Kier molecular flexibility index (Phi) is 5.11. The second-order valence-electron chi connectivity index (χ2n) is 7.49. The molecule has 3 rings (SSSR count). The van der Waals surface area contributed by atoms with Gasteiger partial charge < -0.3 is 4.57 Å². The molecular weight excluding hydrogens is 310 g/mol. The van der Waals surface area contributed by atoms with Gasteiger partial charge in [-0.05, 0) is 37.5 Å². The number of aryl methyl sites for hydroxylation is 2. The Morgan fingerprint density at radius 1 is 1.30 bits per heavy atom. The van der Waals surface area contributed by atoms with Crippen LogP contribution in [0.3, 0.4) is 0 Å². The third kappa shape index (κ3) is 4.35. The Morgan fingerprint density at radius 2 is 2.13 bits per heavy atom. The average molecular weight is 340 g/mol. The molecule has 0 aromatic carbocycles. The zero-order chi connectivity index (χ0) is 16.4. The van der Waals surface area contributed by atoms with Gasteiger partial charge in [0.1, 0.15) is 5.82 Å². The van der Waals surface area contributed by atoms with Gasteiger partial charge in [0.15, 0.2) is 0 Å². The molecule has 2 aliphatic rings. The van der Waals surface area contributed by atoms with Crippen LogP contribution >= 0.6 is 0 Å². The molecular formula is C17H29N3O2S. The topological polar surface area (TPSA) is 55.2 Å². The third-order valence-corrected chi connectivity index (χ3v) is 6.49. The van der Waals surface area contributed by atoms with Crippen molar-refractivity contribution in [1.29, 1.82) is 0 Å². The zero-order valence-corrected chi connectivity index (χ0v) is 15.2. The molecule has 1 saturated carbocycles. The lowest BCUT2D eigenvalue weighted by atomic mass is 9.82. The van der Waals surface area contributed by atoms with Gasteiger partial charge in [-0.15, -0.1) is 0 Å². The van der Waals surface area contributed by atoms with E-state index in [1.807, 2.05) is 0 Å². The lowest BCUT2D eigenvalue weighted by Gasteiger charge is -2.30.